The van der Waals surface area contributed by atoms with E-state index in [9.17, 15) is 9.59 Å². The van der Waals surface area contributed by atoms with Crippen molar-refractivity contribution < 1.29 is 9.59 Å². The van der Waals surface area contributed by atoms with Gasteiger partial charge in [0.2, 0.25) is 5.91 Å². The van der Waals surface area contributed by atoms with E-state index in [2.05, 4.69) is 10.6 Å². The third-order valence-corrected chi connectivity index (χ3v) is 2.61. The predicted molar refractivity (Wildman–Crippen MR) is 58.7 cm³/mol. The molecule has 1 rings (SSSR count). The average Bonchev–Trinajstić information content (AvgIpc) is 2.51. The van der Waals surface area contributed by atoms with Crippen molar-refractivity contribution in [2.75, 3.05) is 12.3 Å². The Kier molecular flexibility index (Phi) is 5.90. The molecule has 5 nitrogen and oxygen atoms in total. The molecule has 0 aromatic carbocycles. The summed E-state index contributed by atoms with van der Waals surface area (Å²) >= 11 is 1.13. The van der Waals surface area contributed by atoms with Crippen LogP contribution in [0.5, 0.6) is 0 Å². The Morgan fingerprint density at radius 1 is 1.86 bits per heavy atom. The lowest BCUT2D eigenvalue weighted by molar-refractivity contribution is -0.122. The number of nitrogens with two attached hydrogens (primary N) is 1. The molecule has 2 atom stereocenters. The highest BCUT2D eigenvalue weighted by molar-refractivity contribution is 8.14. The maximum atomic E-state index is 11.4. The summed E-state index contributed by atoms with van der Waals surface area (Å²) in [4.78, 5) is 22.1. The number of carbonyl (C=O) groups is 2. The summed E-state index contributed by atoms with van der Waals surface area (Å²) in [6.45, 7) is 2.22. The molecule has 4 N–H and O–H groups in total. The molecular weight excluding hydrogens is 226 g/mol. The standard InChI is InChI=1S/C7H13N3O2S.ClH/c1-4(2-8)9-6(11)5-3-13-7(12)10-5;/h4-5H,2-3,8H2,1H3,(H,9,11)(H,10,12);1H/t4-,5-;/m0./s1. The van der Waals surface area contributed by atoms with Gasteiger partial charge in [0, 0.05) is 18.3 Å². The van der Waals surface area contributed by atoms with Gasteiger partial charge in [-0.3, -0.25) is 9.59 Å². The van der Waals surface area contributed by atoms with Gasteiger partial charge in [-0.25, -0.2) is 0 Å². The number of rotatable bonds is 3. The van der Waals surface area contributed by atoms with Crippen LogP contribution in [-0.2, 0) is 4.79 Å². The van der Waals surface area contributed by atoms with Crippen molar-refractivity contribution in [1.29, 1.82) is 0 Å². The number of carbonyl (C=O) groups excluding carboxylic acids is 2. The van der Waals surface area contributed by atoms with Gasteiger partial charge in [-0.05, 0) is 6.92 Å². The fourth-order valence-corrected chi connectivity index (χ4v) is 1.71. The minimum Gasteiger partial charge on any atom is -0.351 e. The SMILES string of the molecule is C[C@@H](CN)NC(=O)[C@@H]1CSC(=O)N1.Cl. The largest absolute Gasteiger partial charge is 0.351 e. The van der Waals surface area contributed by atoms with Crippen LogP contribution in [0.3, 0.4) is 0 Å². The molecule has 0 radical (unpaired) electrons. The zero-order valence-corrected chi connectivity index (χ0v) is 9.41. The van der Waals surface area contributed by atoms with E-state index < -0.39 is 6.04 Å². The maximum Gasteiger partial charge on any atom is 0.279 e. The van der Waals surface area contributed by atoms with Crippen molar-refractivity contribution in [3.8, 4) is 0 Å². The van der Waals surface area contributed by atoms with Crippen LogP contribution >= 0.6 is 24.2 Å². The summed E-state index contributed by atoms with van der Waals surface area (Å²) < 4.78 is 0. The summed E-state index contributed by atoms with van der Waals surface area (Å²) in [6.07, 6.45) is 0. The van der Waals surface area contributed by atoms with E-state index in [-0.39, 0.29) is 29.6 Å². The monoisotopic (exact) mass is 239 g/mol. The lowest BCUT2D eigenvalue weighted by Gasteiger charge is -2.14. The van der Waals surface area contributed by atoms with Crippen molar-refractivity contribution in [1.82, 2.24) is 10.6 Å². The van der Waals surface area contributed by atoms with Crippen LogP contribution in [0.2, 0.25) is 0 Å². The molecule has 0 spiro atoms. The van der Waals surface area contributed by atoms with Crippen LogP contribution in [-0.4, -0.2) is 35.5 Å². The normalized spacial score (nSPS) is 22.1. The molecule has 1 aliphatic heterocycles. The molecule has 0 aromatic rings. The fourth-order valence-electron chi connectivity index (χ4n) is 0.928. The minimum absolute atomic E-state index is 0. The zero-order valence-electron chi connectivity index (χ0n) is 7.78. The number of hydrogen-bond acceptors (Lipinski definition) is 4. The maximum absolute atomic E-state index is 11.4. The Balaban J connectivity index is 0.00000169. The highest BCUT2D eigenvalue weighted by atomic mass is 35.5. The van der Waals surface area contributed by atoms with Crippen molar-refractivity contribution >= 4 is 35.3 Å². The molecule has 1 saturated heterocycles. The summed E-state index contributed by atoms with van der Waals surface area (Å²) in [6, 6.07) is -0.443. The molecule has 1 aliphatic rings. The predicted octanol–water partition coefficient (Wildman–Crippen LogP) is -0.303. The summed E-state index contributed by atoms with van der Waals surface area (Å²) in [5.74, 6) is 0.346. The van der Waals surface area contributed by atoms with Crippen molar-refractivity contribution in [2.45, 2.75) is 19.0 Å². The summed E-state index contributed by atoms with van der Waals surface area (Å²) in [7, 11) is 0. The minimum atomic E-state index is -0.397. The Morgan fingerprint density at radius 3 is 2.93 bits per heavy atom. The van der Waals surface area contributed by atoms with E-state index in [4.69, 9.17) is 5.73 Å². The van der Waals surface area contributed by atoms with Crippen LogP contribution in [0.15, 0.2) is 0 Å². The van der Waals surface area contributed by atoms with E-state index in [1.165, 1.54) is 0 Å². The van der Waals surface area contributed by atoms with Crippen molar-refractivity contribution in [2.24, 2.45) is 5.73 Å². The first-order valence-corrected chi connectivity index (χ1v) is 5.05. The third-order valence-electron chi connectivity index (χ3n) is 1.73. The number of hydrogen-bond donors (Lipinski definition) is 3. The summed E-state index contributed by atoms with van der Waals surface area (Å²) in [5, 5.41) is 5.12. The molecule has 82 valence electrons. The van der Waals surface area contributed by atoms with Gasteiger partial charge in [0.05, 0.1) is 0 Å². The second-order valence-electron chi connectivity index (χ2n) is 2.94. The Bertz CT molecular complexity index is 227. The van der Waals surface area contributed by atoms with Crippen LogP contribution in [0.25, 0.3) is 0 Å². The molecule has 1 fully saturated rings. The van der Waals surface area contributed by atoms with Crippen LogP contribution in [0.1, 0.15) is 6.92 Å². The van der Waals surface area contributed by atoms with Gasteiger partial charge >= 0.3 is 0 Å². The Labute approximate surface area is 93.0 Å². The van der Waals surface area contributed by atoms with Gasteiger partial charge in [0.1, 0.15) is 6.04 Å². The molecule has 0 bridgehead atoms. The molecule has 14 heavy (non-hydrogen) atoms. The first-order chi connectivity index (χ1) is 6.13. The molecule has 0 aliphatic carbocycles. The van der Waals surface area contributed by atoms with Crippen LogP contribution in [0.4, 0.5) is 4.79 Å². The fraction of sp³-hybridized carbons (Fsp3) is 0.714. The second kappa shape index (κ2) is 6.10. The molecule has 0 saturated carbocycles. The van der Waals surface area contributed by atoms with Crippen molar-refractivity contribution in [3.63, 3.8) is 0 Å². The molecule has 0 aromatic heterocycles. The first kappa shape index (κ1) is 13.5. The van der Waals surface area contributed by atoms with E-state index in [1.807, 2.05) is 6.92 Å². The number of amides is 2. The average molecular weight is 240 g/mol. The summed E-state index contributed by atoms with van der Waals surface area (Å²) in [5.41, 5.74) is 5.34. The van der Waals surface area contributed by atoms with E-state index in [0.717, 1.165) is 11.8 Å². The van der Waals surface area contributed by atoms with Gasteiger partial charge in [0.25, 0.3) is 5.24 Å². The van der Waals surface area contributed by atoms with Gasteiger partial charge in [-0.15, -0.1) is 12.4 Å². The van der Waals surface area contributed by atoms with Crippen molar-refractivity contribution in [3.05, 3.63) is 0 Å². The lowest BCUT2D eigenvalue weighted by atomic mass is 10.2. The molecule has 7 heteroatoms. The smallest absolute Gasteiger partial charge is 0.279 e. The number of halogens is 1. The van der Waals surface area contributed by atoms with E-state index in [0.29, 0.717) is 12.3 Å². The zero-order chi connectivity index (χ0) is 9.84. The highest BCUT2D eigenvalue weighted by Gasteiger charge is 2.28. The Morgan fingerprint density at radius 2 is 2.50 bits per heavy atom. The number of thioether (sulfide) groups is 1. The molecule has 2 amide bonds. The third kappa shape index (κ3) is 3.73. The highest BCUT2D eigenvalue weighted by Crippen LogP contribution is 2.12. The number of nitrogens with one attached hydrogen (secondary N) is 2. The van der Waals surface area contributed by atoms with Gasteiger partial charge < -0.3 is 16.4 Å². The topological polar surface area (TPSA) is 84.2 Å². The Hall–Kier alpha value is -0.460. The quantitative estimate of drug-likeness (QED) is 0.631. The van der Waals surface area contributed by atoms with Crippen LogP contribution in [0, 0.1) is 0 Å². The van der Waals surface area contributed by atoms with Gasteiger partial charge in [0.15, 0.2) is 0 Å². The van der Waals surface area contributed by atoms with Crippen LogP contribution < -0.4 is 16.4 Å². The van der Waals surface area contributed by atoms with E-state index >= 15 is 0 Å². The first-order valence-electron chi connectivity index (χ1n) is 4.07. The molecular formula is C7H14ClN3O2S. The second-order valence-corrected chi connectivity index (χ2v) is 3.93. The lowest BCUT2D eigenvalue weighted by Crippen LogP contribution is -2.48. The molecule has 0 unspecified atom stereocenters. The molecule has 1 heterocycles. The van der Waals surface area contributed by atoms with E-state index in [1.54, 1.807) is 0 Å². The van der Waals surface area contributed by atoms with Gasteiger partial charge in [-0.2, -0.15) is 0 Å². The van der Waals surface area contributed by atoms with Gasteiger partial charge in [-0.1, -0.05) is 11.8 Å².